The van der Waals surface area contributed by atoms with Crippen molar-refractivity contribution in [1.82, 2.24) is 0 Å². The van der Waals surface area contributed by atoms with E-state index in [1.807, 2.05) is 6.07 Å². The molecule has 0 saturated heterocycles. The van der Waals surface area contributed by atoms with Crippen LogP contribution in [0.25, 0.3) is 0 Å². The van der Waals surface area contributed by atoms with Gasteiger partial charge in [-0.2, -0.15) is 5.26 Å². The van der Waals surface area contributed by atoms with E-state index in [0.29, 0.717) is 22.1 Å². The summed E-state index contributed by atoms with van der Waals surface area (Å²) in [5.74, 6) is -0.328. The fourth-order valence-electron chi connectivity index (χ4n) is 1.72. The largest absolute Gasteiger partial charge is 0.493 e. The summed E-state index contributed by atoms with van der Waals surface area (Å²) in [4.78, 5) is 23.3. The Hall–Kier alpha value is -3.05. The second-order valence-electron chi connectivity index (χ2n) is 4.42. The number of esters is 1. The summed E-state index contributed by atoms with van der Waals surface area (Å²) in [6, 6.07) is 10.4. The molecule has 0 bridgehead atoms. The highest BCUT2D eigenvalue weighted by Gasteiger charge is 2.12. The van der Waals surface area contributed by atoms with Gasteiger partial charge in [-0.15, -0.1) is 11.3 Å². The Morgan fingerprint density at radius 2 is 1.96 bits per heavy atom. The third kappa shape index (κ3) is 4.72. The van der Waals surface area contributed by atoms with Crippen LogP contribution in [-0.2, 0) is 14.3 Å². The number of nitriles is 1. The van der Waals surface area contributed by atoms with Gasteiger partial charge in [0.05, 0.1) is 12.7 Å². The van der Waals surface area contributed by atoms with Gasteiger partial charge in [-0.25, -0.2) is 4.79 Å². The third-order valence-electron chi connectivity index (χ3n) is 2.82. The first-order chi connectivity index (χ1) is 11.6. The van der Waals surface area contributed by atoms with Gasteiger partial charge < -0.3 is 19.5 Å². The summed E-state index contributed by atoms with van der Waals surface area (Å²) in [6.07, 6.45) is 0. The Labute approximate surface area is 142 Å². The van der Waals surface area contributed by atoms with Crippen LogP contribution in [0.15, 0.2) is 35.7 Å². The van der Waals surface area contributed by atoms with Gasteiger partial charge in [0.1, 0.15) is 11.1 Å². The third-order valence-corrected chi connectivity index (χ3v) is 3.65. The molecule has 0 unspecified atom stereocenters. The predicted molar refractivity (Wildman–Crippen MR) is 87.1 cm³/mol. The van der Waals surface area contributed by atoms with E-state index in [1.54, 1.807) is 35.7 Å². The number of nitrogens with one attached hydrogen (secondary N) is 1. The van der Waals surface area contributed by atoms with Crippen molar-refractivity contribution in [3.8, 4) is 17.6 Å². The van der Waals surface area contributed by atoms with Crippen molar-refractivity contribution in [2.45, 2.75) is 0 Å². The summed E-state index contributed by atoms with van der Waals surface area (Å²) in [6.45, 7) is -0.813. The van der Waals surface area contributed by atoms with Crippen molar-refractivity contribution >= 4 is 28.2 Å². The number of amides is 1. The minimum Gasteiger partial charge on any atom is -0.493 e. The first-order valence-corrected chi connectivity index (χ1v) is 7.71. The van der Waals surface area contributed by atoms with E-state index in [4.69, 9.17) is 19.5 Å². The summed E-state index contributed by atoms with van der Waals surface area (Å²) in [5, 5.41) is 13.5. The quantitative estimate of drug-likeness (QED) is 0.772. The van der Waals surface area contributed by atoms with Gasteiger partial charge in [0.15, 0.2) is 24.7 Å². The van der Waals surface area contributed by atoms with Crippen LogP contribution in [0.2, 0.25) is 0 Å². The Bertz CT molecular complexity index is 766. The molecular formula is C16H14N2O5S. The smallest absolute Gasteiger partial charge is 0.344 e. The van der Waals surface area contributed by atoms with Crippen LogP contribution in [-0.4, -0.2) is 32.2 Å². The summed E-state index contributed by atoms with van der Waals surface area (Å²) < 4.78 is 15.2. The minimum absolute atomic E-state index is 0.351. The molecule has 1 aromatic heterocycles. The lowest BCUT2D eigenvalue weighted by molar-refractivity contribution is -0.149. The van der Waals surface area contributed by atoms with E-state index < -0.39 is 18.5 Å². The molecule has 2 rings (SSSR count). The van der Waals surface area contributed by atoms with Crippen LogP contribution in [0.4, 0.5) is 5.00 Å². The number of methoxy groups -OCH3 is 1. The molecule has 0 fully saturated rings. The zero-order chi connectivity index (χ0) is 17.4. The molecule has 0 saturated carbocycles. The minimum atomic E-state index is -0.692. The number of ether oxygens (including phenoxy) is 3. The van der Waals surface area contributed by atoms with Gasteiger partial charge in [-0.05, 0) is 23.6 Å². The lowest BCUT2D eigenvalue weighted by Gasteiger charge is -2.10. The van der Waals surface area contributed by atoms with E-state index in [2.05, 4.69) is 5.32 Å². The Balaban J connectivity index is 1.77. The molecule has 8 heteroatoms. The predicted octanol–water partition coefficient (Wildman–Crippen LogP) is 2.19. The van der Waals surface area contributed by atoms with Crippen molar-refractivity contribution < 1.29 is 23.8 Å². The number of para-hydroxylation sites is 2. The number of benzene rings is 1. The average Bonchev–Trinajstić information content (AvgIpc) is 3.05. The monoisotopic (exact) mass is 346 g/mol. The highest BCUT2D eigenvalue weighted by molar-refractivity contribution is 7.14. The van der Waals surface area contributed by atoms with Gasteiger partial charge >= 0.3 is 5.97 Å². The standard InChI is InChI=1S/C16H14N2O5S/c1-21-12-4-2-3-5-13(12)22-10-15(20)23-9-14(19)18-16-11(8-17)6-7-24-16/h2-7H,9-10H2,1H3,(H,18,19). The zero-order valence-corrected chi connectivity index (χ0v) is 13.6. The summed E-state index contributed by atoms with van der Waals surface area (Å²) in [5.41, 5.74) is 0.360. The molecule has 0 aliphatic carbocycles. The van der Waals surface area contributed by atoms with Crippen molar-refractivity contribution in [3.63, 3.8) is 0 Å². The number of carbonyl (C=O) groups is 2. The van der Waals surface area contributed by atoms with E-state index in [0.717, 1.165) is 0 Å². The van der Waals surface area contributed by atoms with Crippen LogP contribution < -0.4 is 14.8 Å². The number of carbonyl (C=O) groups excluding carboxylic acids is 2. The number of nitrogens with zero attached hydrogens (tertiary/aromatic N) is 1. The Morgan fingerprint density at radius 1 is 1.21 bits per heavy atom. The topological polar surface area (TPSA) is 97.7 Å². The molecule has 124 valence electrons. The Morgan fingerprint density at radius 3 is 2.67 bits per heavy atom. The highest BCUT2D eigenvalue weighted by atomic mass is 32.1. The van der Waals surface area contributed by atoms with Gasteiger partial charge in [0.2, 0.25) is 0 Å². The summed E-state index contributed by atoms with van der Waals surface area (Å²) in [7, 11) is 1.49. The van der Waals surface area contributed by atoms with Gasteiger partial charge in [0, 0.05) is 0 Å². The molecule has 1 heterocycles. The van der Waals surface area contributed by atoms with Crippen molar-refractivity contribution in [3.05, 3.63) is 41.3 Å². The van der Waals surface area contributed by atoms with Crippen LogP contribution in [0, 0.1) is 11.3 Å². The van der Waals surface area contributed by atoms with E-state index in [-0.39, 0.29) is 6.61 Å². The number of hydrogen-bond donors (Lipinski definition) is 1. The van der Waals surface area contributed by atoms with E-state index in [1.165, 1.54) is 18.4 Å². The highest BCUT2D eigenvalue weighted by Crippen LogP contribution is 2.25. The fourth-order valence-corrected chi connectivity index (χ4v) is 2.47. The lowest BCUT2D eigenvalue weighted by atomic mass is 10.3. The molecule has 2 aromatic rings. The van der Waals surface area contributed by atoms with E-state index >= 15 is 0 Å². The molecule has 7 nitrogen and oxygen atoms in total. The van der Waals surface area contributed by atoms with Crippen LogP contribution in [0.1, 0.15) is 5.56 Å². The zero-order valence-electron chi connectivity index (χ0n) is 12.8. The molecule has 1 N–H and O–H groups in total. The molecule has 0 aliphatic rings. The van der Waals surface area contributed by atoms with E-state index in [9.17, 15) is 9.59 Å². The maximum atomic E-state index is 11.7. The normalized spacial score (nSPS) is 9.67. The molecule has 1 amide bonds. The molecule has 0 atom stereocenters. The maximum absolute atomic E-state index is 11.7. The summed E-state index contributed by atoms with van der Waals surface area (Å²) >= 11 is 1.21. The SMILES string of the molecule is COc1ccccc1OCC(=O)OCC(=O)Nc1sccc1C#N. The van der Waals surface area contributed by atoms with Crippen LogP contribution in [0.3, 0.4) is 0 Å². The lowest BCUT2D eigenvalue weighted by Crippen LogP contribution is -2.23. The second-order valence-corrected chi connectivity index (χ2v) is 5.34. The first-order valence-electron chi connectivity index (χ1n) is 6.83. The van der Waals surface area contributed by atoms with Crippen molar-refractivity contribution in [2.24, 2.45) is 0 Å². The number of rotatable bonds is 7. The second kappa shape index (κ2) is 8.55. The average molecular weight is 346 g/mol. The van der Waals surface area contributed by atoms with Gasteiger partial charge in [0.25, 0.3) is 5.91 Å². The molecular weight excluding hydrogens is 332 g/mol. The number of thiophene rings is 1. The maximum Gasteiger partial charge on any atom is 0.344 e. The number of anilines is 1. The van der Waals surface area contributed by atoms with Gasteiger partial charge in [-0.3, -0.25) is 4.79 Å². The Kier molecular flexibility index (Phi) is 6.16. The number of hydrogen-bond acceptors (Lipinski definition) is 7. The molecule has 0 spiro atoms. The van der Waals surface area contributed by atoms with Crippen molar-refractivity contribution in [1.29, 1.82) is 5.26 Å². The molecule has 24 heavy (non-hydrogen) atoms. The fraction of sp³-hybridized carbons (Fsp3) is 0.188. The van der Waals surface area contributed by atoms with Crippen molar-refractivity contribution in [2.75, 3.05) is 25.6 Å². The van der Waals surface area contributed by atoms with Crippen LogP contribution >= 0.6 is 11.3 Å². The first kappa shape index (κ1) is 17.3. The molecule has 0 aliphatic heterocycles. The molecule has 0 radical (unpaired) electrons. The van der Waals surface area contributed by atoms with Crippen LogP contribution in [0.5, 0.6) is 11.5 Å². The molecule has 1 aromatic carbocycles. The van der Waals surface area contributed by atoms with Gasteiger partial charge in [-0.1, -0.05) is 12.1 Å².